The van der Waals surface area contributed by atoms with Gasteiger partial charge in [0.1, 0.15) is 5.82 Å². The number of aryl methyl sites for hydroxylation is 1. The number of halogens is 1. The molecule has 0 aromatic carbocycles. The van der Waals surface area contributed by atoms with Crippen molar-refractivity contribution in [2.75, 3.05) is 46.1 Å². The molecule has 1 saturated heterocycles. The van der Waals surface area contributed by atoms with E-state index >= 15 is 0 Å². The normalized spacial score (nSPS) is 21.6. The first-order chi connectivity index (χ1) is 9.01. The van der Waals surface area contributed by atoms with Crippen molar-refractivity contribution < 1.29 is 4.39 Å². The van der Waals surface area contributed by atoms with Crippen molar-refractivity contribution in [3.8, 4) is 0 Å². The molecular weight excluding hydrogens is 245 g/mol. The van der Waals surface area contributed by atoms with Gasteiger partial charge in [-0.1, -0.05) is 0 Å². The molecule has 0 bridgehead atoms. The van der Waals surface area contributed by atoms with Crippen molar-refractivity contribution in [2.45, 2.75) is 19.4 Å². The van der Waals surface area contributed by atoms with E-state index in [0.717, 1.165) is 26.1 Å². The van der Waals surface area contributed by atoms with Crippen LogP contribution in [0.2, 0.25) is 0 Å². The number of anilines is 1. The van der Waals surface area contributed by atoms with E-state index in [0.29, 0.717) is 17.6 Å². The molecule has 1 aromatic rings. The van der Waals surface area contributed by atoms with Crippen LogP contribution in [0.4, 0.5) is 10.2 Å². The largest absolute Gasteiger partial charge is 0.371 e. The summed E-state index contributed by atoms with van der Waals surface area (Å²) in [5.41, 5.74) is 0.404. The molecule has 0 amide bonds. The third-order valence-electron chi connectivity index (χ3n) is 3.70. The number of hydrogen-bond acceptors (Lipinski definition) is 5. The molecule has 1 aromatic heterocycles. The third-order valence-corrected chi connectivity index (χ3v) is 3.70. The molecule has 0 radical (unpaired) electrons. The number of hydrogen-bond donors (Lipinski definition) is 1. The van der Waals surface area contributed by atoms with E-state index in [1.54, 1.807) is 14.0 Å². The average Bonchev–Trinajstić information content (AvgIpc) is 2.38. The van der Waals surface area contributed by atoms with Gasteiger partial charge in [-0.25, -0.2) is 14.4 Å². The Kier molecular flexibility index (Phi) is 4.31. The van der Waals surface area contributed by atoms with E-state index in [-0.39, 0.29) is 11.6 Å². The number of nitrogens with one attached hydrogen (secondary N) is 1. The second kappa shape index (κ2) is 5.79. The van der Waals surface area contributed by atoms with Crippen LogP contribution < -0.4 is 5.32 Å². The van der Waals surface area contributed by atoms with Crippen LogP contribution in [-0.2, 0) is 6.42 Å². The molecule has 1 N–H and O–H groups in total. The van der Waals surface area contributed by atoms with E-state index in [2.05, 4.69) is 39.2 Å². The van der Waals surface area contributed by atoms with E-state index < -0.39 is 0 Å². The predicted octanol–water partition coefficient (Wildman–Crippen LogP) is 0.754. The maximum absolute atomic E-state index is 13.7. The molecule has 6 heteroatoms. The Morgan fingerprint density at radius 1 is 1.32 bits per heavy atom. The van der Waals surface area contributed by atoms with E-state index in [1.165, 1.54) is 0 Å². The van der Waals surface area contributed by atoms with Gasteiger partial charge in [-0.15, -0.1) is 0 Å². The smallest absolute Gasteiger partial charge is 0.186 e. The van der Waals surface area contributed by atoms with Crippen LogP contribution in [0.15, 0.2) is 0 Å². The standard InChI is InChI=1S/C13H22FN5/c1-9-12(14)13(15-2)17-11(16-9)7-10-8-18(3)5-6-19(10)4/h10H,5-8H2,1-4H3,(H,15,16,17). The lowest BCUT2D eigenvalue weighted by molar-refractivity contribution is 0.113. The first kappa shape index (κ1) is 14.1. The molecule has 1 aliphatic heterocycles. The third kappa shape index (κ3) is 3.19. The summed E-state index contributed by atoms with van der Waals surface area (Å²) in [5, 5.41) is 2.78. The van der Waals surface area contributed by atoms with Crippen LogP contribution in [0.25, 0.3) is 0 Å². The molecule has 0 aliphatic carbocycles. The lowest BCUT2D eigenvalue weighted by Gasteiger charge is -2.37. The SMILES string of the molecule is CNc1nc(CC2CN(C)CCN2C)nc(C)c1F. The number of rotatable bonds is 3. The quantitative estimate of drug-likeness (QED) is 0.876. The highest BCUT2D eigenvalue weighted by molar-refractivity contribution is 5.37. The summed E-state index contributed by atoms with van der Waals surface area (Å²) in [6.45, 7) is 4.79. The number of aromatic nitrogens is 2. The average molecular weight is 267 g/mol. The number of nitrogens with zero attached hydrogens (tertiary/aromatic N) is 4. The zero-order valence-electron chi connectivity index (χ0n) is 12.1. The molecule has 1 fully saturated rings. The summed E-state index contributed by atoms with van der Waals surface area (Å²) < 4.78 is 13.7. The summed E-state index contributed by atoms with van der Waals surface area (Å²) >= 11 is 0. The number of piperazine rings is 1. The van der Waals surface area contributed by atoms with Crippen molar-refractivity contribution in [2.24, 2.45) is 0 Å². The Morgan fingerprint density at radius 3 is 2.74 bits per heavy atom. The highest BCUT2D eigenvalue weighted by Gasteiger charge is 2.24. The first-order valence-electron chi connectivity index (χ1n) is 6.60. The van der Waals surface area contributed by atoms with Crippen LogP contribution in [0.1, 0.15) is 11.5 Å². The summed E-state index contributed by atoms with van der Waals surface area (Å²) in [6.07, 6.45) is 0.747. The van der Waals surface area contributed by atoms with Gasteiger partial charge in [0.15, 0.2) is 11.6 Å². The first-order valence-corrected chi connectivity index (χ1v) is 6.60. The Hall–Kier alpha value is -1.27. The van der Waals surface area contributed by atoms with E-state index in [4.69, 9.17) is 0 Å². The van der Waals surface area contributed by atoms with E-state index in [1.807, 2.05) is 0 Å². The molecule has 5 nitrogen and oxygen atoms in total. The topological polar surface area (TPSA) is 44.3 Å². The molecule has 0 saturated carbocycles. The molecule has 1 aliphatic rings. The van der Waals surface area contributed by atoms with Crippen LogP contribution >= 0.6 is 0 Å². The van der Waals surface area contributed by atoms with Crippen LogP contribution in [0, 0.1) is 12.7 Å². The van der Waals surface area contributed by atoms with Gasteiger partial charge in [-0.2, -0.15) is 0 Å². The summed E-state index contributed by atoms with van der Waals surface area (Å²) in [6, 6.07) is 0.383. The highest BCUT2D eigenvalue weighted by atomic mass is 19.1. The van der Waals surface area contributed by atoms with E-state index in [9.17, 15) is 4.39 Å². The fourth-order valence-corrected chi connectivity index (χ4v) is 2.41. The lowest BCUT2D eigenvalue weighted by atomic mass is 10.1. The molecule has 1 atom stereocenters. The minimum atomic E-state index is -0.361. The zero-order valence-corrected chi connectivity index (χ0v) is 12.1. The van der Waals surface area contributed by atoms with Crippen LogP contribution in [0.3, 0.4) is 0 Å². The van der Waals surface area contributed by atoms with Gasteiger partial charge < -0.3 is 15.1 Å². The Morgan fingerprint density at radius 2 is 2.05 bits per heavy atom. The maximum atomic E-state index is 13.7. The van der Waals surface area contributed by atoms with Crippen molar-refractivity contribution in [3.05, 3.63) is 17.3 Å². The molecule has 1 unspecified atom stereocenters. The van der Waals surface area contributed by atoms with Gasteiger partial charge in [0.05, 0.1) is 5.69 Å². The molecule has 2 rings (SSSR count). The highest BCUT2D eigenvalue weighted by Crippen LogP contribution is 2.16. The molecular formula is C13H22FN5. The number of likely N-dealkylation sites (N-methyl/N-ethyl adjacent to an activating group) is 2. The summed E-state index contributed by atoms with van der Waals surface area (Å²) in [4.78, 5) is 13.2. The van der Waals surface area contributed by atoms with Crippen molar-refractivity contribution >= 4 is 5.82 Å². The summed E-state index contributed by atoms with van der Waals surface area (Å²) in [7, 11) is 5.91. The van der Waals surface area contributed by atoms with Crippen molar-refractivity contribution in [3.63, 3.8) is 0 Å². The minimum absolute atomic E-state index is 0.286. The van der Waals surface area contributed by atoms with Gasteiger partial charge in [0.25, 0.3) is 0 Å². The predicted molar refractivity (Wildman–Crippen MR) is 73.9 cm³/mol. The molecule has 0 spiro atoms. The van der Waals surface area contributed by atoms with Gasteiger partial charge >= 0.3 is 0 Å². The van der Waals surface area contributed by atoms with Gasteiger partial charge in [-0.05, 0) is 21.0 Å². The maximum Gasteiger partial charge on any atom is 0.186 e. The Labute approximate surface area is 113 Å². The monoisotopic (exact) mass is 267 g/mol. The fourth-order valence-electron chi connectivity index (χ4n) is 2.41. The van der Waals surface area contributed by atoms with Gasteiger partial charge in [-0.3, -0.25) is 0 Å². The van der Waals surface area contributed by atoms with Crippen molar-refractivity contribution in [1.82, 2.24) is 19.8 Å². The lowest BCUT2D eigenvalue weighted by Crippen LogP contribution is -2.51. The molecule has 106 valence electrons. The summed E-state index contributed by atoms with van der Waals surface area (Å²) in [5.74, 6) is 0.630. The van der Waals surface area contributed by atoms with Crippen LogP contribution in [-0.4, -0.2) is 66.6 Å². The minimum Gasteiger partial charge on any atom is -0.371 e. The Balaban J connectivity index is 2.16. The van der Waals surface area contributed by atoms with Gasteiger partial charge in [0.2, 0.25) is 0 Å². The van der Waals surface area contributed by atoms with Crippen molar-refractivity contribution in [1.29, 1.82) is 0 Å². The zero-order chi connectivity index (χ0) is 14.0. The van der Waals surface area contributed by atoms with Crippen LogP contribution in [0.5, 0.6) is 0 Å². The second-order valence-electron chi connectivity index (χ2n) is 5.24. The molecule has 2 heterocycles. The fraction of sp³-hybridized carbons (Fsp3) is 0.692. The van der Waals surface area contributed by atoms with Gasteiger partial charge in [0, 0.05) is 39.1 Å². The molecule has 19 heavy (non-hydrogen) atoms. The Bertz CT molecular complexity index is 451. The second-order valence-corrected chi connectivity index (χ2v) is 5.24.